The van der Waals surface area contributed by atoms with E-state index in [0.29, 0.717) is 17.1 Å². The van der Waals surface area contributed by atoms with Crippen LogP contribution < -0.4 is 15.4 Å². The van der Waals surface area contributed by atoms with Crippen LogP contribution in [0.2, 0.25) is 0 Å². The van der Waals surface area contributed by atoms with E-state index >= 15 is 0 Å². The predicted octanol–water partition coefficient (Wildman–Crippen LogP) is 6.12. The Balaban J connectivity index is 0.00000180. The van der Waals surface area contributed by atoms with Crippen LogP contribution in [0, 0.1) is 6.92 Å². The molecule has 0 aliphatic carbocycles. The molecule has 1 unspecified atom stereocenters. The lowest BCUT2D eigenvalue weighted by molar-refractivity contribution is 0.0962. The van der Waals surface area contributed by atoms with Gasteiger partial charge in [0.05, 0.1) is 17.1 Å². The number of hydrogen-bond acceptors (Lipinski definition) is 5. The minimum atomic E-state index is -0.153. The molecule has 1 aromatic heterocycles. The average molecular weight is 461 g/mol. The second-order valence-electron chi connectivity index (χ2n) is 8.55. The van der Waals surface area contributed by atoms with Gasteiger partial charge in [-0.2, -0.15) is 0 Å². The van der Waals surface area contributed by atoms with Gasteiger partial charge in [-0.3, -0.25) is 4.79 Å². The minimum Gasteiger partial charge on any atom is -0.457 e. The summed E-state index contributed by atoms with van der Waals surface area (Å²) >= 11 is 0. The number of ether oxygens (including phenoxy) is 2. The summed E-state index contributed by atoms with van der Waals surface area (Å²) in [4.78, 5) is 16.7. The van der Waals surface area contributed by atoms with Gasteiger partial charge in [-0.15, -0.1) is 0 Å². The summed E-state index contributed by atoms with van der Waals surface area (Å²) < 4.78 is 13.9. The van der Waals surface area contributed by atoms with Crippen LogP contribution >= 0.6 is 0 Å². The summed E-state index contributed by atoms with van der Waals surface area (Å²) in [6, 6.07) is 19.2. The summed E-state index contributed by atoms with van der Waals surface area (Å²) in [6.45, 7) is 2.95. The first kappa shape index (κ1) is 22.0. The molecule has 178 valence electrons. The number of fused-ring (bicyclic) bond motifs is 1. The monoisotopic (exact) mass is 460 g/mol. The van der Waals surface area contributed by atoms with Crippen LogP contribution in [-0.2, 0) is 11.8 Å². The van der Waals surface area contributed by atoms with Crippen molar-refractivity contribution in [3.63, 3.8) is 0 Å². The summed E-state index contributed by atoms with van der Waals surface area (Å²) in [5.74, 6) is 1.84. The van der Waals surface area contributed by atoms with Crippen molar-refractivity contribution in [2.24, 2.45) is 7.05 Å². The van der Waals surface area contributed by atoms with E-state index < -0.39 is 0 Å². The predicted molar refractivity (Wildman–Crippen MR) is 137 cm³/mol. The van der Waals surface area contributed by atoms with Crippen LogP contribution in [-0.4, -0.2) is 29.1 Å². The molecule has 0 saturated carbocycles. The summed E-state index contributed by atoms with van der Waals surface area (Å²) in [7, 11) is 3.59. The summed E-state index contributed by atoms with van der Waals surface area (Å²) in [6.07, 6.45) is 2.34. The maximum atomic E-state index is 11.9. The van der Waals surface area contributed by atoms with Crippen molar-refractivity contribution in [2.45, 2.75) is 25.9 Å². The second-order valence-corrected chi connectivity index (χ2v) is 8.55. The van der Waals surface area contributed by atoms with E-state index in [1.165, 1.54) is 11.1 Å². The Morgan fingerprint density at radius 3 is 2.79 bits per heavy atom. The third-order valence-corrected chi connectivity index (χ3v) is 6.22. The molecule has 0 spiro atoms. The number of imidazole rings is 1. The number of rotatable bonds is 6. The Hall–Kier alpha value is -3.84. The van der Waals surface area contributed by atoms with Crippen molar-refractivity contribution in [2.75, 3.05) is 19.0 Å². The fourth-order valence-corrected chi connectivity index (χ4v) is 4.35. The van der Waals surface area contributed by atoms with Gasteiger partial charge >= 0.3 is 0 Å². The molecule has 1 fully saturated rings. The number of amides is 1. The van der Waals surface area contributed by atoms with Crippen LogP contribution in [0.3, 0.4) is 0 Å². The van der Waals surface area contributed by atoms with Gasteiger partial charge in [0.15, 0.2) is 0 Å². The lowest BCUT2D eigenvalue weighted by Crippen LogP contribution is -2.17. The first-order valence-corrected chi connectivity index (χ1v) is 11.5. The van der Waals surface area contributed by atoms with E-state index in [4.69, 9.17) is 14.5 Å². The molecule has 4 aromatic rings. The second kappa shape index (κ2) is 9.19. The maximum absolute atomic E-state index is 11.9. The van der Waals surface area contributed by atoms with E-state index in [2.05, 4.69) is 35.8 Å². The Morgan fingerprint density at radius 2 is 2.00 bits per heavy atom. The first-order valence-electron chi connectivity index (χ1n) is 11.5. The molecule has 2 heterocycles. The van der Waals surface area contributed by atoms with Gasteiger partial charge in [0.1, 0.15) is 11.5 Å². The number of anilines is 2. The Bertz CT molecular complexity index is 1370. The number of nitrogens with zero attached hydrogens (tertiary/aromatic N) is 2. The topological polar surface area (TPSA) is 77.4 Å². The Kier molecular flexibility index (Phi) is 5.94. The molecule has 0 radical (unpaired) electrons. The molecule has 3 aromatic carbocycles. The zero-order valence-corrected chi connectivity index (χ0v) is 19.6. The lowest BCUT2D eigenvalue weighted by atomic mass is 10.0. The third kappa shape index (κ3) is 4.34. The van der Waals surface area contributed by atoms with Crippen molar-refractivity contribution in [3.05, 3.63) is 77.4 Å². The molecule has 1 saturated heterocycles. The number of hydrogen-bond donors (Lipinski definition) is 2. The molecule has 1 amide bonds. The zero-order valence-electron chi connectivity index (χ0n) is 19.6. The number of carbonyl (C=O) groups excluding carboxylic acids is 1. The highest BCUT2D eigenvalue weighted by Crippen LogP contribution is 2.33. The van der Waals surface area contributed by atoms with E-state index in [1.807, 2.05) is 35.9 Å². The quantitative estimate of drug-likeness (QED) is 0.362. The maximum Gasteiger partial charge on any atom is 0.251 e. The highest BCUT2D eigenvalue weighted by atomic mass is 16.5. The molecular formula is C27H32N4O3. The van der Waals surface area contributed by atoms with Gasteiger partial charge in [0.25, 0.3) is 5.91 Å². The SMILES string of the molecule is CNC(=O)c1cccc(Oc2ccc3c(c2)nc(Nc2ccc(C)c(C4CCCO4)c2)n3C)c1.[HH].[HH]. The molecule has 5 rings (SSSR count). The van der Waals surface area contributed by atoms with Gasteiger partial charge in [-0.1, -0.05) is 12.1 Å². The van der Waals surface area contributed by atoms with Crippen molar-refractivity contribution >= 4 is 28.6 Å². The van der Waals surface area contributed by atoms with E-state index in [9.17, 15) is 4.79 Å². The van der Waals surface area contributed by atoms with Crippen molar-refractivity contribution in [1.29, 1.82) is 0 Å². The average Bonchev–Trinajstić information content (AvgIpc) is 3.48. The smallest absolute Gasteiger partial charge is 0.251 e. The summed E-state index contributed by atoms with van der Waals surface area (Å²) in [5.41, 5.74) is 5.81. The van der Waals surface area contributed by atoms with Crippen LogP contribution in [0.15, 0.2) is 60.7 Å². The minimum absolute atomic E-state index is 0. The number of benzene rings is 3. The molecule has 7 nitrogen and oxygen atoms in total. The Morgan fingerprint density at radius 1 is 1.15 bits per heavy atom. The molecule has 2 N–H and O–H groups in total. The lowest BCUT2D eigenvalue weighted by Gasteiger charge is -2.15. The first-order chi connectivity index (χ1) is 16.5. The molecule has 0 bridgehead atoms. The normalized spacial score (nSPS) is 15.4. The van der Waals surface area contributed by atoms with Gasteiger partial charge < -0.3 is 24.7 Å². The molecule has 1 atom stereocenters. The largest absolute Gasteiger partial charge is 0.457 e. The number of nitrogens with one attached hydrogen (secondary N) is 2. The van der Waals surface area contributed by atoms with Crippen LogP contribution in [0.1, 0.15) is 43.3 Å². The van der Waals surface area contributed by atoms with E-state index in [0.717, 1.165) is 42.1 Å². The third-order valence-electron chi connectivity index (χ3n) is 6.22. The molecule has 1 aliphatic heterocycles. The standard InChI is InChI=1S/C27H28N4O3.2H2/c1-17-9-10-19(15-22(17)25-8-5-13-33-25)29-27-30-23-16-21(11-12-24(23)31(27)3)34-20-7-4-6-18(14-20)26(32)28-2;;/h4,6-7,9-12,14-16,25H,5,8,13H2,1-3H3,(H,28,32)(H,29,30);2*1H. The van der Waals surface area contributed by atoms with E-state index in [-0.39, 0.29) is 14.9 Å². The van der Waals surface area contributed by atoms with Gasteiger partial charge in [0, 0.05) is 40.9 Å². The number of aryl methyl sites for hydroxylation is 2. The fraction of sp³-hybridized carbons (Fsp3) is 0.259. The molecule has 34 heavy (non-hydrogen) atoms. The van der Waals surface area contributed by atoms with Gasteiger partial charge in [-0.05, 0) is 73.4 Å². The number of aromatic nitrogens is 2. The van der Waals surface area contributed by atoms with Crippen molar-refractivity contribution < 1.29 is 17.1 Å². The van der Waals surface area contributed by atoms with Crippen molar-refractivity contribution in [1.82, 2.24) is 14.9 Å². The Labute approximate surface area is 201 Å². The molecule has 7 heteroatoms. The van der Waals surface area contributed by atoms with Crippen molar-refractivity contribution in [3.8, 4) is 11.5 Å². The van der Waals surface area contributed by atoms with Crippen LogP contribution in [0.25, 0.3) is 11.0 Å². The highest BCUT2D eigenvalue weighted by Gasteiger charge is 2.20. The van der Waals surface area contributed by atoms with E-state index in [1.54, 1.807) is 25.2 Å². The van der Waals surface area contributed by atoms with Gasteiger partial charge in [-0.25, -0.2) is 4.98 Å². The van der Waals surface area contributed by atoms with Crippen LogP contribution in [0.4, 0.5) is 11.6 Å². The van der Waals surface area contributed by atoms with Crippen LogP contribution in [0.5, 0.6) is 11.5 Å². The molecule has 1 aliphatic rings. The number of carbonyl (C=O) groups is 1. The fourth-order valence-electron chi connectivity index (χ4n) is 4.35. The van der Waals surface area contributed by atoms with Gasteiger partial charge in [0.2, 0.25) is 5.95 Å². The molecular weight excluding hydrogens is 428 g/mol. The summed E-state index contributed by atoms with van der Waals surface area (Å²) in [5, 5.41) is 6.09. The highest BCUT2D eigenvalue weighted by molar-refractivity contribution is 5.94. The zero-order chi connectivity index (χ0) is 23.7.